The molecule has 0 aliphatic carbocycles. The summed E-state index contributed by atoms with van der Waals surface area (Å²) in [5.41, 5.74) is 2.28. The lowest BCUT2D eigenvalue weighted by molar-refractivity contribution is -0.146. The molecule has 2 saturated heterocycles. The largest absolute Gasteiger partial charge is 0.497 e. The molecule has 3 aromatic rings. The van der Waals surface area contributed by atoms with E-state index in [0.717, 1.165) is 34.8 Å². The highest BCUT2D eigenvalue weighted by Gasteiger charge is 2.66. The van der Waals surface area contributed by atoms with Crippen molar-refractivity contribution in [2.24, 2.45) is 5.92 Å². The number of β-lactam (4-membered cyclic amide) rings is 1. The molecule has 42 heavy (non-hydrogen) atoms. The Bertz CT molecular complexity index is 1510. The first kappa shape index (κ1) is 28.9. The summed E-state index contributed by atoms with van der Waals surface area (Å²) in [6.45, 7) is 7.86. The van der Waals surface area contributed by atoms with Crippen molar-refractivity contribution >= 4 is 48.1 Å². The fourth-order valence-electron chi connectivity index (χ4n) is 7.39. The second kappa shape index (κ2) is 10.8. The molecule has 0 unspecified atom stereocenters. The summed E-state index contributed by atoms with van der Waals surface area (Å²) in [6.07, 6.45) is 0.737. The molecule has 6 rings (SSSR count). The number of hydrogen-bond acceptors (Lipinski definition) is 5. The molecule has 4 atom stereocenters. The maximum Gasteiger partial charge on any atom is 0.264 e. The van der Waals surface area contributed by atoms with E-state index in [2.05, 4.69) is 32.2 Å². The lowest BCUT2D eigenvalue weighted by Gasteiger charge is -2.37. The lowest BCUT2D eigenvalue weighted by atomic mass is 9.82. The summed E-state index contributed by atoms with van der Waals surface area (Å²) in [5.74, 6) is 0.676. The van der Waals surface area contributed by atoms with Crippen molar-refractivity contribution in [2.45, 2.75) is 56.7 Å². The van der Waals surface area contributed by atoms with Gasteiger partial charge in [-0.3, -0.25) is 9.59 Å². The van der Waals surface area contributed by atoms with Crippen LogP contribution in [0.25, 0.3) is 0 Å². The van der Waals surface area contributed by atoms with Crippen molar-refractivity contribution in [3.05, 3.63) is 82.9 Å². The highest BCUT2D eigenvalue weighted by atomic mass is 35.5. The molecule has 0 radical (unpaired) electrons. The van der Waals surface area contributed by atoms with Gasteiger partial charge in [-0.1, -0.05) is 61.1 Å². The van der Waals surface area contributed by atoms with Crippen molar-refractivity contribution in [3.63, 3.8) is 0 Å². The first-order valence-electron chi connectivity index (χ1n) is 14.6. The number of anilines is 2. The van der Waals surface area contributed by atoms with Crippen LogP contribution in [-0.2, 0) is 26.5 Å². The van der Waals surface area contributed by atoms with E-state index in [1.807, 2.05) is 59.5 Å². The molecule has 220 valence electrons. The molecule has 2 amide bonds. The van der Waals surface area contributed by atoms with Crippen molar-refractivity contribution in [2.75, 3.05) is 30.1 Å². The average Bonchev–Trinajstić information content (AvgIpc) is 3.40. The number of hydrogen-bond donors (Lipinski definition) is 1. The van der Waals surface area contributed by atoms with Crippen molar-refractivity contribution < 1.29 is 24.2 Å². The van der Waals surface area contributed by atoms with Gasteiger partial charge in [0, 0.05) is 41.8 Å². The van der Waals surface area contributed by atoms with E-state index in [4.69, 9.17) is 21.1 Å². The van der Waals surface area contributed by atoms with Gasteiger partial charge in [0.1, 0.15) is 5.75 Å². The molecule has 7 nitrogen and oxygen atoms in total. The molecule has 1 N–H and O–H groups in total. The minimum absolute atomic E-state index is 0.0246. The number of halogens is 1. The molecule has 0 aromatic heterocycles. The number of amides is 2. The van der Waals surface area contributed by atoms with Gasteiger partial charge in [-0.15, -0.1) is 0 Å². The number of aliphatic hydroxyl groups is 1. The number of fused-ring (bicyclic) bond motifs is 2. The molecular formula is C33H37ClN2O5Si. The van der Waals surface area contributed by atoms with Gasteiger partial charge < -0.3 is 24.4 Å². The zero-order chi connectivity index (χ0) is 29.8. The Labute approximate surface area is 253 Å². The Kier molecular flexibility index (Phi) is 7.46. The van der Waals surface area contributed by atoms with Crippen molar-refractivity contribution in [3.8, 4) is 5.75 Å². The van der Waals surface area contributed by atoms with Gasteiger partial charge in [0.25, 0.3) is 5.91 Å². The maximum atomic E-state index is 14.7. The van der Waals surface area contributed by atoms with Crippen LogP contribution in [0.3, 0.4) is 0 Å². The Hall–Kier alpha value is -3.17. The van der Waals surface area contributed by atoms with Crippen molar-refractivity contribution in [1.29, 1.82) is 0 Å². The number of rotatable bonds is 8. The molecule has 1 spiro atoms. The number of methoxy groups -OCH3 is 1. The first-order valence-corrected chi connectivity index (χ1v) is 18.0. The molecule has 3 aliphatic rings. The van der Waals surface area contributed by atoms with Gasteiger partial charge in [0.15, 0.2) is 5.60 Å². The predicted octanol–water partition coefficient (Wildman–Crippen LogP) is 5.23. The van der Waals surface area contributed by atoms with E-state index in [-0.39, 0.29) is 36.0 Å². The van der Waals surface area contributed by atoms with Crippen molar-refractivity contribution in [1.82, 2.24) is 0 Å². The molecule has 3 heterocycles. The zero-order valence-electron chi connectivity index (χ0n) is 24.5. The third-order valence-electron chi connectivity index (χ3n) is 9.65. The predicted molar refractivity (Wildman–Crippen MR) is 167 cm³/mol. The van der Waals surface area contributed by atoms with Gasteiger partial charge in [-0.05, 0) is 60.0 Å². The van der Waals surface area contributed by atoms with E-state index in [1.165, 1.54) is 5.19 Å². The van der Waals surface area contributed by atoms with Gasteiger partial charge in [0.2, 0.25) is 5.91 Å². The molecule has 0 bridgehead atoms. The summed E-state index contributed by atoms with van der Waals surface area (Å²) in [4.78, 5) is 30.1. The van der Waals surface area contributed by atoms with Crippen LogP contribution in [0.5, 0.6) is 5.75 Å². The summed E-state index contributed by atoms with van der Waals surface area (Å²) in [7, 11) is -0.588. The summed E-state index contributed by atoms with van der Waals surface area (Å²) < 4.78 is 12.3. The third-order valence-corrected chi connectivity index (χ3v) is 14.2. The summed E-state index contributed by atoms with van der Waals surface area (Å²) >= 11 is 6.55. The highest BCUT2D eigenvalue weighted by Crippen LogP contribution is 2.60. The van der Waals surface area contributed by atoms with Crippen LogP contribution in [0.4, 0.5) is 11.4 Å². The molecule has 0 saturated carbocycles. The highest BCUT2D eigenvalue weighted by molar-refractivity contribution is 6.91. The second-order valence-corrected chi connectivity index (χ2v) is 17.3. The van der Waals surface area contributed by atoms with Crippen LogP contribution < -0.4 is 19.7 Å². The van der Waals surface area contributed by atoms with Crippen LogP contribution in [0.2, 0.25) is 23.7 Å². The van der Waals surface area contributed by atoms with Crippen LogP contribution in [-0.4, -0.2) is 51.4 Å². The van der Waals surface area contributed by atoms with Crippen LogP contribution in [0.15, 0.2) is 66.7 Å². The fourth-order valence-corrected chi connectivity index (χ4v) is 11.6. The number of benzene rings is 3. The van der Waals surface area contributed by atoms with Crippen LogP contribution in [0, 0.1) is 5.92 Å². The van der Waals surface area contributed by atoms with Gasteiger partial charge in [0.05, 0.1) is 33.5 Å². The van der Waals surface area contributed by atoms with E-state index >= 15 is 0 Å². The summed E-state index contributed by atoms with van der Waals surface area (Å²) in [5, 5.41) is 11.9. The minimum atomic E-state index is -2.25. The van der Waals surface area contributed by atoms with E-state index in [9.17, 15) is 14.7 Å². The minimum Gasteiger partial charge on any atom is -0.497 e. The monoisotopic (exact) mass is 604 g/mol. The fraction of sp³-hybridized carbons (Fsp3) is 0.394. The van der Waals surface area contributed by atoms with E-state index in [1.54, 1.807) is 12.0 Å². The Morgan fingerprint density at radius 3 is 2.38 bits per heavy atom. The standard InChI is InChI=1S/C33H37ClN2O5Si/c1-21-31(42(3,4)26-12-10-25(40-2)11-13-26)29(16-18-37)41-33(21)27-19-23(34)7-14-28(27)36(32(33)39)20-22-5-8-24(9-6-22)35-17-15-30(35)38/h5-14,19,21,29,31,37H,15-18,20H2,1-4H3/t21-,29+,31-,33+/m0/s1. The smallest absolute Gasteiger partial charge is 0.264 e. The molecule has 3 aromatic carbocycles. The maximum absolute atomic E-state index is 14.7. The third kappa shape index (κ3) is 4.47. The van der Waals surface area contributed by atoms with E-state index < -0.39 is 13.7 Å². The number of aliphatic hydroxyl groups excluding tert-OH is 1. The Morgan fingerprint density at radius 2 is 1.79 bits per heavy atom. The van der Waals surface area contributed by atoms with E-state index in [0.29, 0.717) is 24.4 Å². The quantitative estimate of drug-likeness (QED) is 0.281. The van der Waals surface area contributed by atoms with Gasteiger partial charge in [-0.25, -0.2) is 0 Å². The molecule has 9 heteroatoms. The lowest BCUT2D eigenvalue weighted by Crippen LogP contribution is -2.51. The number of carbonyl (C=O) groups is 2. The average molecular weight is 605 g/mol. The second-order valence-electron chi connectivity index (χ2n) is 12.2. The van der Waals surface area contributed by atoms with Gasteiger partial charge >= 0.3 is 0 Å². The van der Waals surface area contributed by atoms with Gasteiger partial charge in [-0.2, -0.15) is 0 Å². The molecule has 3 aliphatic heterocycles. The van der Waals surface area contributed by atoms with Crippen LogP contribution in [0.1, 0.15) is 30.9 Å². The Balaban J connectivity index is 1.37. The number of carbonyl (C=O) groups excluding carboxylic acids is 2. The molecule has 2 fully saturated rings. The zero-order valence-corrected chi connectivity index (χ0v) is 26.2. The summed E-state index contributed by atoms with van der Waals surface area (Å²) in [6, 6.07) is 21.7. The van der Waals surface area contributed by atoms with Crippen LogP contribution >= 0.6 is 11.6 Å². The Morgan fingerprint density at radius 1 is 1.07 bits per heavy atom. The SMILES string of the molecule is COc1ccc([Si](C)(C)[C@@H]2[C@@H](CCO)O[C@]3(C(=O)N(Cc4ccc(N5CCC5=O)cc4)c4ccc(Cl)cc43)[C@H]2C)cc1. The number of nitrogens with zero attached hydrogens (tertiary/aromatic N) is 2. The normalized spacial score (nSPS) is 25.2. The first-order chi connectivity index (χ1) is 20.1. The topological polar surface area (TPSA) is 79.3 Å². The number of ether oxygens (including phenoxy) is 2. The molecular weight excluding hydrogens is 568 g/mol.